The lowest BCUT2D eigenvalue weighted by Gasteiger charge is -2.39. The fourth-order valence-electron chi connectivity index (χ4n) is 4.87. The molecule has 0 N–H and O–H groups in total. The Bertz CT molecular complexity index is 809. The number of rotatable bonds is 4. The van der Waals surface area contributed by atoms with Gasteiger partial charge in [0, 0.05) is 23.7 Å². The summed E-state index contributed by atoms with van der Waals surface area (Å²) in [4.78, 5) is 37.1. The minimum Gasteiger partial charge on any atom is -0.452 e. The van der Waals surface area contributed by atoms with Gasteiger partial charge in [0.15, 0.2) is 6.61 Å². The van der Waals surface area contributed by atoms with E-state index in [1.54, 1.807) is 4.90 Å². The maximum absolute atomic E-state index is 12.7. The van der Waals surface area contributed by atoms with Crippen molar-refractivity contribution in [3.05, 3.63) is 38.9 Å². The van der Waals surface area contributed by atoms with Crippen LogP contribution >= 0.6 is 11.6 Å². The van der Waals surface area contributed by atoms with E-state index in [1.165, 1.54) is 12.1 Å². The van der Waals surface area contributed by atoms with Crippen molar-refractivity contribution in [2.45, 2.75) is 46.1 Å². The van der Waals surface area contributed by atoms with E-state index in [9.17, 15) is 19.7 Å². The molecular weight excluding hydrogens is 372 g/mol. The van der Waals surface area contributed by atoms with Crippen LogP contribution in [0.5, 0.6) is 0 Å². The van der Waals surface area contributed by atoms with Gasteiger partial charge in [-0.3, -0.25) is 14.9 Å². The first-order valence-electron chi connectivity index (χ1n) is 8.90. The van der Waals surface area contributed by atoms with Crippen LogP contribution in [0.15, 0.2) is 18.2 Å². The number of benzene rings is 1. The molecule has 2 unspecified atom stereocenters. The van der Waals surface area contributed by atoms with Crippen molar-refractivity contribution in [3.8, 4) is 0 Å². The van der Waals surface area contributed by atoms with Crippen molar-refractivity contribution in [1.29, 1.82) is 0 Å². The predicted octanol–water partition coefficient (Wildman–Crippen LogP) is 3.83. The molecule has 7 nitrogen and oxygen atoms in total. The molecule has 1 amide bonds. The van der Waals surface area contributed by atoms with Crippen LogP contribution in [0.4, 0.5) is 5.69 Å². The Morgan fingerprint density at radius 2 is 2.04 bits per heavy atom. The SMILES string of the molecule is CC1(C)CC2CC(C)(CN2C(=O)COC(=O)c2cc(Cl)ccc2[N+](=O)[O-])C1. The molecule has 0 aromatic heterocycles. The largest absolute Gasteiger partial charge is 0.452 e. The molecular formula is C19H23ClN2O5. The molecule has 0 radical (unpaired) electrons. The first-order valence-corrected chi connectivity index (χ1v) is 9.28. The minimum absolute atomic E-state index is 0.0812. The number of nitrogens with zero attached hydrogens (tertiary/aromatic N) is 2. The number of likely N-dealkylation sites (tertiary alicyclic amines) is 1. The normalized spacial score (nSPS) is 25.9. The predicted molar refractivity (Wildman–Crippen MR) is 99.6 cm³/mol. The minimum atomic E-state index is -0.925. The summed E-state index contributed by atoms with van der Waals surface area (Å²) in [6.45, 7) is 6.83. The van der Waals surface area contributed by atoms with Gasteiger partial charge in [0.05, 0.1) is 4.92 Å². The van der Waals surface area contributed by atoms with Crippen molar-refractivity contribution in [1.82, 2.24) is 4.90 Å². The summed E-state index contributed by atoms with van der Waals surface area (Å²) >= 11 is 5.83. The fourth-order valence-corrected chi connectivity index (χ4v) is 5.04. The van der Waals surface area contributed by atoms with Crippen LogP contribution in [0.1, 0.15) is 50.4 Å². The lowest BCUT2D eigenvalue weighted by molar-refractivity contribution is -0.385. The molecule has 1 aromatic carbocycles. The third-order valence-corrected chi connectivity index (χ3v) is 5.67. The lowest BCUT2D eigenvalue weighted by Crippen LogP contribution is -2.39. The number of fused-ring (bicyclic) bond motifs is 2. The second-order valence-electron chi connectivity index (χ2n) is 8.73. The molecule has 2 aliphatic rings. The van der Waals surface area contributed by atoms with Crippen LogP contribution in [0.2, 0.25) is 5.02 Å². The number of hydrogen-bond acceptors (Lipinski definition) is 5. The zero-order valence-electron chi connectivity index (χ0n) is 15.7. The Morgan fingerprint density at radius 1 is 1.33 bits per heavy atom. The second-order valence-corrected chi connectivity index (χ2v) is 9.17. The van der Waals surface area contributed by atoms with E-state index < -0.39 is 23.2 Å². The maximum Gasteiger partial charge on any atom is 0.345 e. The molecule has 1 aliphatic carbocycles. The smallest absolute Gasteiger partial charge is 0.345 e. The van der Waals surface area contributed by atoms with Gasteiger partial charge in [0.2, 0.25) is 0 Å². The van der Waals surface area contributed by atoms with Gasteiger partial charge in [-0.1, -0.05) is 32.4 Å². The van der Waals surface area contributed by atoms with Crippen LogP contribution in [-0.4, -0.2) is 40.9 Å². The van der Waals surface area contributed by atoms with E-state index in [0.717, 1.165) is 25.3 Å². The molecule has 2 bridgehead atoms. The number of esters is 1. The van der Waals surface area contributed by atoms with E-state index in [0.29, 0.717) is 6.54 Å². The highest BCUT2D eigenvalue weighted by atomic mass is 35.5. The third kappa shape index (κ3) is 4.08. The van der Waals surface area contributed by atoms with Crippen molar-refractivity contribution in [2.24, 2.45) is 10.8 Å². The zero-order valence-corrected chi connectivity index (χ0v) is 16.4. The molecule has 2 fully saturated rings. The van der Waals surface area contributed by atoms with Gasteiger partial charge in [-0.2, -0.15) is 0 Å². The molecule has 1 aliphatic heterocycles. The molecule has 146 valence electrons. The van der Waals surface area contributed by atoms with Gasteiger partial charge in [-0.05, 0) is 42.2 Å². The van der Waals surface area contributed by atoms with Gasteiger partial charge >= 0.3 is 5.97 Å². The monoisotopic (exact) mass is 394 g/mol. The Kier molecular flexibility index (Phi) is 4.93. The average Bonchev–Trinajstić information content (AvgIpc) is 2.80. The van der Waals surface area contributed by atoms with Gasteiger partial charge in [0.25, 0.3) is 11.6 Å². The van der Waals surface area contributed by atoms with Gasteiger partial charge < -0.3 is 9.64 Å². The Labute approximate surface area is 162 Å². The number of ether oxygens (including phenoxy) is 1. The summed E-state index contributed by atoms with van der Waals surface area (Å²) in [5, 5.41) is 11.3. The molecule has 1 saturated heterocycles. The summed E-state index contributed by atoms with van der Waals surface area (Å²) < 4.78 is 5.09. The second kappa shape index (κ2) is 6.78. The van der Waals surface area contributed by atoms with E-state index in [1.807, 2.05) is 0 Å². The molecule has 1 heterocycles. The molecule has 2 atom stereocenters. The van der Waals surface area contributed by atoms with E-state index in [4.69, 9.17) is 16.3 Å². The zero-order chi connectivity index (χ0) is 20.0. The van der Waals surface area contributed by atoms with Crippen LogP contribution in [0, 0.1) is 20.9 Å². The Hall–Kier alpha value is -2.15. The highest BCUT2D eigenvalue weighted by Crippen LogP contribution is 2.52. The van der Waals surface area contributed by atoms with Crippen LogP contribution in [0.3, 0.4) is 0 Å². The van der Waals surface area contributed by atoms with Crippen molar-refractivity contribution in [3.63, 3.8) is 0 Å². The quantitative estimate of drug-likeness (QED) is 0.439. The average molecular weight is 395 g/mol. The molecule has 1 saturated carbocycles. The number of hydrogen-bond donors (Lipinski definition) is 0. The number of amides is 1. The van der Waals surface area contributed by atoms with Crippen LogP contribution in [0.25, 0.3) is 0 Å². The number of halogens is 1. The Morgan fingerprint density at radius 3 is 2.70 bits per heavy atom. The highest BCUT2D eigenvalue weighted by Gasteiger charge is 2.50. The summed E-state index contributed by atoms with van der Waals surface area (Å²) in [5.74, 6) is -1.19. The number of nitro groups is 1. The third-order valence-electron chi connectivity index (χ3n) is 5.44. The molecule has 1 aromatic rings. The molecule has 8 heteroatoms. The molecule has 27 heavy (non-hydrogen) atoms. The standard InChI is InChI=1S/C19H23ClN2O5/c1-18(2)7-13-8-19(3,10-18)11-21(13)16(23)9-27-17(24)14-6-12(20)4-5-15(14)22(25)26/h4-6,13H,7-11H2,1-3H3. The number of carbonyl (C=O) groups excluding carboxylic acids is 2. The maximum atomic E-state index is 12.7. The van der Waals surface area contributed by atoms with Crippen molar-refractivity contribution < 1.29 is 19.2 Å². The Balaban J connectivity index is 1.68. The molecule has 3 rings (SSSR count). The van der Waals surface area contributed by atoms with Crippen molar-refractivity contribution in [2.75, 3.05) is 13.2 Å². The first-order chi connectivity index (χ1) is 12.5. The highest BCUT2D eigenvalue weighted by molar-refractivity contribution is 6.31. The topological polar surface area (TPSA) is 89.8 Å². The van der Waals surface area contributed by atoms with Crippen molar-refractivity contribution >= 4 is 29.2 Å². The molecule has 0 spiro atoms. The van der Waals surface area contributed by atoms with Crippen LogP contribution in [-0.2, 0) is 9.53 Å². The van der Waals surface area contributed by atoms with E-state index in [-0.39, 0.29) is 33.4 Å². The summed E-state index contributed by atoms with van der Waals surface area (Å²) in [7, 11) is 0. The van der Waals surface area contributed by atoms with Gasteiger partial charge in [-0.25, -0.2) is 4.79 Å². The number of carbonyl (C=O) groups is 2. The van der Waals surface area contributed by atoms with Crippen LogP contribution < -0.4 is 0 Å². The summed E-state index contributed by atoms with van der Waals surface area (Å²) in [5.41, 5.74) is -0.403. The fraction of sp³-hybridized carbons (Fsp3) is 0.579. The van der Waals surface area contributed by atoms with E-state index >= 15 is 0 Å². The van der Waals surface area contributed by atoms with E-state index in [2.05, 4.69) is 20.8 Å². The first kappa shape index (κ1) is 19.6. The summed E-state index contributed by atoms with van der Waals surface area (Å²) in [6.07, 6.45) is 2.92. The summed E-state index contributed by atoms with van der Waals surface area (Å²) in [6, 6.07) is 3.80. The number of nitro benzene ring substituents is 1. The van der Waals surface area contributed by atoms with Gasteiger partial charge in [-0.15, -0.1) is 0 Å². The lowest BCUT2D eigenvalue weighted by atomic mass is 9.65. The van der Waals surface area contributed by atoms with Gasteiger partial charge in [0.1, 0.15) is 5.56 Å².